The quantitative estimate of drug-likeness (QED) is 0.711. The van der Waals surface area contributed by atoms with E-state index >= 15 is 0 Å². The minimum Gasteiger partial charge on any atom is -0.265 e. The highest BCUT2D eigenvalue weighted by molar-refractivity contribution is 5.92. The van der Waals surface area contributed by atoms with Gasteiger partial charge in [-0.3, -0.25) is 14.4 Å². The van der Waals surface area contributed by atoms with Crippen LogP contribution in [0.5, 0.6) is 0 Å². The average Bonchev–Trinajstić information content (AvgIpc) is 3.07. The van der Waals surface area contributed by atoms with Crippen LogP contribution in [0.4, 0.5) is 0 Å². The molecule has 0 aliphatic heterocycles. The van der Waals surface area contributed by atoms with Crippen LogP contribution in [0.25, 0.3) is 5.78 Å². The Hall–Kier alpha value is -2.83. The van der Waals surface area contributed by atoms with Gasteiger partial charge in [0.25, 0.3) is 5.78 Å². The molecule has 0 radical (unpaired) electrons. The standard InChI is InChI=1S/C19H22N6O/c1-13-12-14(2)25-19(20-13)22-17(23-25)18(26)24-11-7-6-10-16(24)21-15-8-4-3-5-9-15/h6-7,10-12,15H,3-5,8-9H2,1-2H3. The third-order valence-corrected chi connectivity index (χ3v) is 4.76. The van der Waals surface area contributed by atoms with Crippen LogP contribution in [0.2, 0.25) is 0 Å². The Kier molecular flexibility index (Phi) is 4.36. The number of hydrogen-bond donors (Lipinski definition) is 0. The van der Waals surface area contributed by atoms with E-state index in [1.54, 1.807) is 10.7 Å². The van der Waals surface area contributed by atoms with Gasteiger partial charge in [0.2, 0.25) is 5.82 Å². The van der Waals surface area contributed by atoms with Gasteiger partial charge in [0.15, 0.2) is 0 Å². The van der Waals surface area contributed by atoms with Crippen molar-refractivity contribution in [1.82, 2.24) is 24.1 Å². The van der Waals surface area contributed by atoms with E-state index in [2.05, 4.69) is 15.1 Å². The van der Waals surface area contributed by atoms with Crippen molar-refractivity contribution in [2.24, 2.45) is 4.99 Å². The van der Waals surface area contributed by atoms with Crippen molar-refractivity contribution in [1.29, 1.82) is 0 Å². The third kappa shape index (κ3) is 3.16. The van der Waals surface area contributed by atoms with E-state index in [9.17, 15) is 4.79 Å². The Balaban J connectivity index is 1.75. The highest BCUT2D eigenvalue weighted by Crippen LogP contribution is 2.19. The summed E-state index contributed by atoms with van der Waals surface area (Å²) in [6, 6.07) is 7.79. The maximum absolute atomic E-state index is 13.0. The van der Waals surface area contributed by atoms with E-state index in [-0.39, 0.29) is 17.8 Å². The van der Waals surface area contributed by atoms with Crippen molar-refractivity contribution in [3.8, 4) is 0 Å². The predicted octanol–water partition coefficient (Wildman–Crippen LogP) is 2.46. The normalized spacial score (nSPS) is 16.3. The molecule has 0 N–H and O–H groups in total. The van der Waals surface area contributed by atoms with E-state index in [0.29, 0.717) is 11.3 Å². The molecule has 0 spiro atoms. The molecule has 7 heteroatoms. The zero-order valence-electron chi connectivity index (χ0n) is 15.1. The van der Waals surface area contributed by atoms with Gasteiger partial charge in [0, 0.05) is 17.6 Å². The van der Waals surface area contributed by atoms with Gasteiger partial charge in [0.05, 0.1) is 6.04 Å². The van der Waals surface area contributed by atoms with Crippen LogP contribution in [0.3, 0.4) is 0 Å². The summed E-state index contributed by atoms with van der Waals surface area (Å²) in [6.45, 7) is 3.82. The maximum atomic E-state index is 13.0. The lowest BCUT2D eigenvalue weighted by atomic mass is 9.96. The highest BCUT2D eigenvalue weighted by Gasteiger charge is 2.18. The van der Waals surface area contributed by atoms with Gasteiger partial charge in [-0.15, -0.1) is 5.10 Å². The number of carbonyl (C=O) groups is 1. The van der Waals surface area contributed by atoms with Crippen molar-refractivity contribution >= 4 is 11.7 Å². The van der Waals surface area contributed by atoms with Crippen LogP contribution in [0.15, 0.2) is 35.5 Å². The summed E-state index contributed by atoms with van der Waals surface area (Å²) < 4.78 is 3.13. The zero-order valence-corrected chi connectivity index (χ0v) is 15.1. The first-order valence-corrected chi connectivity index (χ1v) is 9.09. The summed E-state index contributed by atoms with van der Waals surface area (Å²) in [7, 11) is 0. The summed E-state index contributed by atoms with van der Waals surface area (Å²) in [4.78, 5) is 26.5. The van der Waals surface area contributed by atoms with Crippen LogP contribution in [0, 0.1) is 13.8 Å². The fourth-order valence-electron chi connectivity index (χ4n) is 3.47. The van der Waals surface area contributed by atoms with Gasteiger partial charge < -0.3 is 0 Å². The molecule has 1 aliphatic carbocycles. The Morgan fingerprint density at radius 2 is 1.96 bits per heavy atom. The summed E-state index contributed by atoms with van der Waals surface area (Å²) in [5.74, 6) is 0.276. The van der Waals surface area contributed by atoms with Crippen molar-refractivity contribution < 1.29 is 4.79 Å². The van der Waals surface area contributed by atoms with Crippen LogP contribution < -0.4 is 5.49 Å². The SMILES string of the molecule is Cc1cc(C)n2nc(C(=O)n3ccccc3=NC3CCCCC3)nc2n1. The number of rotatable bonds is 2. The molecule has 26 heavy (non-hydrogen) atoms. The molecule has 0 aromatic carbocycles. The molecule has 0 atom stereocenters. The minimum absolute atomic E-state index is 0.127. The Morgan fingerprint density at radius 1 is 1.15 bits per heavy atom. The molecule has 0 unspecified atom stereocenters. The molecule has 3 heterocycles. The molecule has 3 aromatic heterocycles. The number of nitrogens with zero attached hydrogens (tertiary/aromatic N) is 6. The lowest BCUT2D eigenvalue weighted by molar-refractivity contribution is 0.0944. The van der Waals surface area contributed by atoms with Crippen molar-refractivity contribution in [3.05, 3.63) is 53.2 Å². The maximum Gasteiger partial charge on any atom is 0.303 e. The van der Waals surface area contributed by atoms with Crippen LogP contribution in [-0.4, -0.2) is 36.1 Å². The van der Waals surface area contributed by atoms with Gasteiger partial charge in [-0.1, -0.05) is 25.3 Å². The summed E-state index contributed by atoms with van der Waals surface area (Å²) in [5.41, 5.74) is 2.40. The molecule has 134 valence electrons. The second-order valence-electron chi connectivity index (χ2n) is 6.84. The number of aryl methyl sites for hydroxylation is 2. The second kappa shape index (κ2) is 6.82. The van der Waals surface area contributed by atoms with Gasteiger partial charge in [-0.25, -0.2) is 9.50 Å². The van der Waals surface area contributed by atoms with Crippen LogP contribution in [-0.2, 0) is 0 Å². The Bertz CT molecular complexity index is 1030. The average molecular weight is 350 g/mol. The number of pyridine rings is 1. The lowest BCUT2D eigenvalue weighted by Gasteiger charge is -2.17. The number of fused-ring (bicyclic) bond motifs is 1. The van der Waals surface area contributed by atoms with Crippen LogP contribution >= 0.6 is 0 Å². The zero-order chi connectivity index (χ0) is 18.1. The molecular formula is C19H22N6O. The molecule has 0 amide bonds. The fraction of sp³-hybridized carbons (Fsp3) is 0.421. The molecule has 7 nitrogen and oxygen atoms in total. The number of aromatic nitrogens is 5. The lowest BCUT2D eigenvalue weighted by Crippen LogP contribution is -2.30. The molecule has 0 saturated heterocycles. The van der Waals surface area contributed by atoms with Gasteiger partial charge >= 0.3 is 5.91 Å². The summed E-state index contributed by atoms with van der Waals surface area (Å²) in [6.07, 6.45) is 7.56. The van der Waals surface area contributed by atoms with Crippen LogP contribution in [0.1, 0.15) is 54.1 Å². The number of hydrogen-bond acceptors (Lipinski definition) is 5. The largest absolute Gasteiger partial charge is 0.303 e. The summed E-state index contributed by atoms with van der Waals surface area (Å²) in [5, 5.41) is 4.35. The smallest absolute Gasteiger partial charge is 0.265 e. The van der Waals surface area contributed by atoms with E-state index in [0.717, 1.165) is 24.2 Å². The molecular weight excluding hydrogens is 328 g/mol. The second-order valence-corrected chi connectivity index (χ2v) is 6.84. The van der Waals surface area contributed by atoms with Gasteiger partial charge in [-0.05, 0) is 44.9 Å². The van der Waals surface area contributed by atoms with E-state index in [1.165, 1.54) is 23.8 Å². The van der Waals surface area contributed by atoms with E-state index in [1.807, 2.05) is 38.1 Å². The van der Waals surface area contributed by atoms with E-state index < -0.39 is 0 Å². The first-order valence-electron chi connectivity index (χ1n) is 9.09. The predicted molar refractivity (Wildman–Crippen MR) is 96.9 cm³/mol. The first kappa shape index (κ1) is 16.6. The monoisotopic (exact) mass is 350 g/mol. The van der Waals surface area contributed by atoms with Gasteiger partial charge in [0.1, 0.15) is 5.49 Å². The van der Waals surface area contributed by atoms with Gasteiger partial charge in [-0.2, -0.15) is 4.98 Å². The van der Waals surface area contributed by atoms with Crippen molar-refractivity contribution in [3.63, 3.8) is 0 Å². The molecule has 4 rings (SSSR count). The summed E-state index contributed by atoms with van der Waals surface area (Å²) >= 11 is 0. The molecule has 0 bridgehead atoms. The molecule has 1 fully saturated rings. The van der Waals surface area contributed by atoms with Crippen molar-refractivity contribution in [2.75, 3.05) is 0 Å². The molecule has 1 aliphatic rings. The Labute approximate surface area is 151 Å². The minimum atomic E-state index is -0.289. The molecule has 1 saturated carbocycles. The van der Waals surface area contributed by atoms with Crippen molar-refractivity contribution in [2.45, 2.75) is 52.0 Å². The first-order chi connectivity index (χ1) is 12.6. The molecule has 3 aromatic rings. The fourth-order valence-corrected chi connectivity index (χ4v) is 3.47. The number of carbonyl (C=O) groups excluding carboxylic acids is 1. The third-order valence-electron chi connectivity index (χ3n) is 4.76. The topological polar surface area (TPSA) is 77.4 Å². The van der Waals surface area contributed by atoms with E-state index in [4.69, 9.17) is 4.99 Å². The Morgan fingerprint density at radius 3 is 2.77 bits per heavy atom. The highest BCUT2D eigenvalue weighted by atomic mass is 16.2.